The summed E-state index contributed by atoms with van der Waals surface area (Å²) in [4.78, 5) is 14.5. The molecule has 7 nitrogen and oxygen atoms in total. The first-order valence-electron chi connectivity index (χ1n) is 14.9. The zero-order valence-electron chi connectivity index (χ0n) is 26.0. The molecule has 7 heteroatoms. The second-order valence-corrected chi connectivity index (χ2v) is 14.6. The van der Waals surface area contributed by atoms with Gasteiger partial charge in [-0.15, -0.1) is 0 Å². The van der Waals surface area contributed by atoms with Gasteiger partial charge < -0.3 is 29.0 Å². The highest BCUT2D eigenvalue weighted by atomic mass is 16.6. The standard InChI is InChI=1S/C33H51NO6/c1-23(2)10-9-13-32(8)26-19-33(14-16-34(17-15-33)29(36)40-30(3,4)5)22-38-28(26)25-12-11-24(18-27(25)39-32)37-21-31(6,7)20-35/h10-12,18,26,28,35H,9,13-17,19-22H2,1-8H3/t26-,28+,32+/m0/s1. The minimum atomic E-state index is -0.493. The lowest BCUT2D eigenvalue weighted by atomic mass is 9.63. The fraction of sp³-hybridized carbons (Fsp3) is 0.727. The van der Waals surface area contributed by atoms with E-state index in [4.69, 9.17) is 18.9 Å². The molecule has 1 aromatic rings. The second-order valence-electron chi connectivity index (χ2n) is 14.6. The number of rotatable bonds is 7. The summed E-state index contributed by atoms with van der Waals surface area (Å²) in [6.45, 7) is 18.8. The van der Waals surface area contributed by atoms with E-state index in [9.17, 15) is 9.90 Å². The summed E-state index contributed by atoms with van der Waals surface area (Å²) in [7, 11) is 0. The SMILES string of the molecule is CC(C)=CCC[C@@]1(C)Oc2cc(OCC(C)(C)CO)ccc2[C@H]2OCC3(CCN(C(=O)OC(C)(C)C)CC3)C[C@@H]21. The maximum atomic E-state index is 12.7. The van der Waals surface area contributed by atoms with Crippen molar-refractivity contribution in [3.8, 4) is 11.5 Å². The zero-order valence-corrected chi connectivity index (χ0v) is 26.0. The van der Waals surface area contributed by atoms with Crippen molar-refractivity contribution in [2.24, 2.45) is 16.7 Å². The molecule has 4 rings (SSSR count). The van der Waals surface area contributed by atoms with Gasteiger partial charge in [-0.3, -0.25) is 0 Å². The van der Waals surface area contributed by atoms with E-state index in [2.05, 4.69) is 32.9 Å². The first kappa shape index (κ1) is 30.7. The van der Waals surface area contributed by atoms with E-state index in [1.54, 1.807) is 0 Å². The van der Waals surface area contributed by atoms with Gasteiger partial charge in [-0.1, -0.05) is 25.5 Å². The largest absolute Gasteiger partial charge is 0.493 e. The van der Waals surface area contributed by atoms with Gasteiger partial charge in [0.15, 0.2) is 0 Å². The molecule has 1 spiro atoms. The quantitative estimate of drug-likeness (QED) is 0.361. The highest BCUT2D eigenvalue weighted by molar-refractivity contribution is 5.68. The smallest absolute Gasteiger partial charge is 0.410 e. The van der Waals surface area contributed by atoms with E-state index < -0.39 is 11.2 Å². The number of likely N-dealkylation sites (tertiary alicyclic amines) is 1. The van der Waals surface area contributed by atoms with Gasteiger partial charge in [0, 0.05) is 36.1 Å². The maximum absolute atomic E-state index is 12.7. The Labute approximate surface area is 241 Å². The summed E-state index contributed by atoms with van der Waals surface area (Å²) in [5.41, 5.74) is 1.21. The van der Waals surface area contributed by atoms with Crippen LogP contribution in [0.1, 0.15) is 99.2 Å². The van der Waals surface area contributed by atoms with Crippen LogP contribution in [0, 0.1) is 16.7 Å². The molecule has 0 radical (unpaired) electrons. The highest BCUT2D eigenvalue weighted by Gasteiger charge is 2.54. The predicted molar refractivity (Wildman–Crippen MR) is 157 cm³/mol. The van der Waals surface area contributed by atoms with E-state index in [-0.39, 0.29) is 35.6 Å². The molecule has 0 bridgehead atoms. The first-order valence-corrected chi connectivity index (χ1v) is 14.9. The molecule has 3 aliphatic heterocycles. The molecule has 0 aliphatic carbocycles. The number of fused-ring (bicyclic) bond motifs is 3. The topological polar surface area (TPSA) is 77.5 Å². The van der Waals surface area contributed by atoms with Crippen molar-refractivity contribution in [3.63, 3.8) is 0 Å². The van der Waals surface area contributed by atoms with Crippen molar-refractivity contribution in [2.45, 2.75) is 105 Å². The number of carbonyl (C=O) groups is 1. The summed E-state index contributed by atoms with van der Waals surface area (Å²) < 4.78 is 25.4. The lowest BCUT2D eigenvalue weighted by Gasteiger charge is -2.55. The lowest BCUT2D eigenvalue weighted by Crippen LogP contribution is -2.56. The molecule has 40 heavy (non-hydrogen) atoms. The van der Waals surface area contributed by atoms with Gasteiger partial charge in [-0.2, -0.15) is 0 Å². The molecule has 0 saturated carbocycles. The fourth-order valence-electron chi connectivity index (χ4n) is 6.16. The van der Waals surface area contributed by atoms with Crippen LogP contribution in [-0.4, -0.2) is 60.2 Å². The van der Waals surface area contributed by atoms with Crippen LogP contribution in [0.25, 0.3) is 0 Å². The number of aliphatic hydroxyl groups excluding tert-OH is 1. The summed E-state index contributed by atoms with van der Waals surface area (Å²) in [6, 6.07) is 6.07. The summed E-state index contributed by atoms with van der Waals surface area (Å²) >= 11 is 0. The summed E-state index contributed by atoms with van der Waals surface area (Å²) in [6.07, 6.45) is 6.67. The number of ether oxygens (including phenoxy) is 4. The third kappa shape index (κ3) is 7.14. The lowest BCUT2D eigenvalue weighted by molar-refractivity contribution is -0.179. The molecule has 1 aromatic carbocycles. The molecular weight excluding hydrogens is 506 g/mol. The van der Waals surface area contributed by atoms with E-state index in [0.29, 0.717) is 26.3 Å². The van der Waals surface area contributed by atoms with E-state index in [1.165, 1.54) is 5.57 Å². The summed E-state index contributed by atoms with van der Waals surface area (Å²) in [5, 5.41) is 9.62. The molecule has 2 saturated heterocycles. The number of benzene rings is 1. The number of aliphatic hydroxyl groups is 1. The van der Waals surface area contributed by atoms with Crippen LogP contribution in [0.3, 0.4) is 0 Å². The number of amides is 1. The Morgan fingerprint density at radius 3 is 2.50 bits per heavy atom. The van der Waals surface area contributed by atoms with Gasteiger partial charge in [-0.05, 0) is 91.2 Å². The molecule has 1 amide bonds. The number of hydrogen-bond donors (Lipinski definition) is 1. The number of carbonyl (C=O) groups excluding carboxylic acids is 1. The Morgan fingerprint density at radius 2 is 1.88 bits per heavy atom. The van der Waals surface area contributed by atoms with E-state index >= 15 is 0 Å². The fourth-order valence-corrected chi connectivity index (χ4v) is 6.16. The minimum Gasteiger partial charge on any atom is -0.493 e. The van der Waals surface area contributed by atoms with Gasteiger partial charge in [0.05, 0.1) is 25.9 Å². The highest BCUT2D eigenvalue weighted by Crippen LogP contribution is 2.57. The third-order valence-electron chi connectivity index (χ3n) is 8.73. The normalized spacial score (nSPS) is 25.9. The minimum absolute atomic E-state index is 0.0250. The van der Waals surface area contributed by atoms with Crippen LogP contribution >= 0.6 is 0 Å². The van der Waals surface area contributed by atoms with Crippen LogP contribution in [0.15, 0.2) is 29.8 Å². The maximum Gasteiger partial charge on any atom is 0.410 e. The Kier molecular flexibility index (Phi) is 8.87. The summed E-state index contributed by atoms with van der Waals surface area (Å²) in [5.74, 6) is 1.77. The van der Waals surface area contributed by atoms with E-state index in [0.717, 1.165) is 49.2 Å². The number of nitrogens with zero attached hydrogens (tertiary/aromatic N) is 1. The Morgan fingerprint density at radius 1 is 1.18 bits per heavy atom. The zero-order chi connectivity index (χ0) is 29.3. The van der Waals surface area contributed by atoms with Gasteiger partial charge in [0.1, 0.15) is 22.7 Å². The Bertz CT molecular complexity index is 1080. The van der Waals surface area contributed by atoms with Gasteiger partial charge >= 0.3 is 6.09 Å². The van der Waals surface area contributed by atoms with Gasteiger partial charge in [0.25, 0.3) is 0 Å². The van der Waals surface area contributed by atoms with Crippen LogP contribution in [0.5, 0.6) is 11.5 Å². The Balaban J connectivity index is 1.54. The molecule has 3 heterocycles. The van der Waals surface area contributed by atoms with E-state index in [1.807, 2.05) is 51.7 Å². The van der Waals surface area contributed by atoms with Crippen molar-refractivity contribution in [1.29, 1.82) is 0 Å². The van der Waals surface area contributed by atoms with Crippen LogP contribution < -0.4 is 9.47 Å². The number of allylic oxidation sites excluding steroid dienone is 2. The first-order chi connectivity index (χ1) is 18.6. The van der Waals surface area contributed by atoms with Gasteiger partial charge in [-0.25, -0.2) is 4.79 Å². The number of piperidine rings is 1. The molecule has 3 atom stereocenters. The van der Waals surface area contributed by atoms with Gasteiger partial charge in [0.2, 0.25) is 0 Å². The molecule has 0 unspecified atom stereocenters. The molecule has 2 fully saturated rings. The van der Waals surface area contributed by atoms with Crippen molar-refractivity contribution >= 4 is 6.09 Å². The molecule has 3 aliphatic rings. The van der Waals surface area contributed by atoms with Crippen molar-refractivity contribution in [3.05, 3.63) is 35.4 Å². The van der Waals surface area contributed by atoms with Crippen LogP contribution in [0.4, 0.5) is 4.79 Å². The molecule has 224 valence electrons. The Hall–Kier alpha value is -2.25. The average molecular weight is 558 g/mol. The molecular formula is C33H51NO6. The average Bonchev–Trinajstić information content (AvgIpc) is 2.87. The van der Waals surface area contributed by atoms with Crippen molar-refractivity contribution < 1.29 is 28.8 Å². The second kappa shape index (κ2) is 11.6. The van der Waals surface area contributed by atoms with Crippen molar-refractivity contribution in [1.82, 2.24) is 4.90 Å². The van der Waals surface area contributed by atoms with Crippen LogP contribution in [0.2, 0.25) is 0 Å². The number of hydrogen-bond acceptors (Lipinski definition) is 6. The monoisotopic (exact) mass is 557 g/mol. The molecule has 0 aromatic heterocycles. The third-order valence-corrected chi connectivity index (χ3v) is 8.73. The van der Waals surface area contributed by atoms with Crippen LogP contribution in [-0.2, 0) is 9.47 Å². The predicted octanol–water partition coefficient (Wildman–Crippen LogP) is 7.08. The molecule has 1 N–H and O–H groups in total. The van der Waals surface area contributed by atoms with Crippen molar-refractivity contribution in [2.75, 3.05) is 32.9 Å².